The van der Waals surface area contributed by atoms with Gasteiger partial charge in [-0.15, -0.1) is 0 Å². The first-order valence-corrected chi connectivity index (χ1v) is 13.5. The van der Waals surface area contributed by atoms with Gasteiger partial charge in [-0.3, -0.25) is 14.6 Å². The number of rotatable bonds is 12. The first kappa shape index (κ1) is 30.2. The van der Waals surface area contributed by atoms with E-state index < -0.39 is 28.9 Å². The number of nitrogens with one attached hydrogen (secondary N) is 1. The van der Waals surface area contributed by atoms with Crippen molar-refractivity contribution in [3.63, 3.8) is 0 Å². The second kappa shape index (κ2) is 14.2. The van der Waals surface area contributed by atoms with Crippen LogP contribution < -0.4 is 10.9 Å². The molecule has 0 fully saturated rings. The highest BCUT2D eigenvalue weighted by molar-refractivity contribution is 6.01. The van der Waals surface area contributed by atoms with Crippen LogP contribution in [-0.2, 0) is 29.0 Å². The molecule has 2 aromatic heterocycles. The molecule has 2 aromatic carbocycles. The van der Waals surface area contributed by atoms with Gasteiger partial charge in [0.1, 0.15) is 23.5 Å². The zero-order valence-electron chi connectivity index (χ0n) is 23.5. The number of fused-ring (bicyclic) bond motifs is 1. The molecule has 2 N–H and O–H groups in total. The number of carbonyl (C=O) groups excluding carboxylic acids is 2. The third-order valence-corrected chi connectivity index (χ3v) is 6.53. The van der Waals surface area contributed by atoms with Crippen molar-refractivity contribution in [1.29, 1.82) is 0 Å². The lowest BCUT2D eigenvalue weighted by molar-refractivity contribution is 0.0915. The zero-order valence-corrected chi connectivity index (χ0v) is 23.5. The van der Waals surface area contributed by atoms with E-state index >= 15 is 0 Å². The van der Waals surface area contributed by atoms with Gasteiger partial charge in [-0.25, -0.2) is 9.18 Å². The molecular weight excluding hydrogens is 543 g/mol. The number of aromatic hydroxyl groups is 1. The quantitative estimate of drug-likeness (QED) is 0.246. The van der Waals surface area contributed by atoms with Crippen molar-refractivity contribution in [2.45, 2.75) is 26.4 Å². The Kier molecular flexibility index (Phi) is 10.2. The molecule has 0 unspecified atom stereocenters. The highest BCUT2D eigenvalue weighted by atomic mass is 19.1. The minimum Gasteiger partial charge on any atom is -0.505 e. The summed E-state index contributed by atoms with van der Waals surface area (Å²) < 4.78 is 25.3. The van der Waals surface area contributed by atoms with Gasteiger partial charge >= 0.3 is 6.09 Å². The van der Waals surface area contributed by atoms with Gasteiger partial charge in [0.2, 0.25) is 0 Å². The van der Waals surface area contributed by atoms with E-state index in [0.717, 1.165) is 11.1 Å². The summed E-state index contributed by atoms with van der Waals surface area (Å²) in [5.74, 6) is -1.68. The van der Waals surface area contributed by atoms with Gasteiger partial charge in [0, 0.05) is 32.9 Å². The first-order chi connectivity index (χ1) is 20.3. The van der Waals surface area contributed by atoms with Crippen LogP contribution in [0.4, 0.5) is 9.18 Å². The van der Waals surface area contributed by atoms with Crippen LogP contribution in [0.5, 0.6) is 5.75 Å². The fraction of sp³-hybridized carbons (Fsp3) is 0.290. The largest absolute Gasteiger partial charge is 0.505 e. The minimum absolute atomic E-state index is 0.0416. The maximum Gasteiger partial charge on any atom is 0.409 e. The molecule has 0 saturated carbocycles. The average Bonchev–Trinajstić information content (AvgIpc) is 2.98. The number of hydrogen-bond acceptors (Lipinski definition) is 7. The number of ether oxygens (including phenoxy) is 2. The van der Waals surface area contributed by atoms with Crippen LogP contribution in [-0.4, -0.2) is 65.0 Å². The molecule has 11 heteroatoms. The lowest BCUT2D eigenvalue weighted by Gasteiger charge is -2.18. The summed E-state index contributed by atoms with van der Waals surface area (Å²) in [6.07, 6.45) is 1.33. The third-order valence-electron chi connectivity index (χ3n) is 6.53. The van der Waals surface area contributed by atoms with E-state index in [1.807, 2.05) is 37.3 Å². The van der Waals surface area contributed by atoms with Crippen LogP contribution in [0.15, 0.2) is 71.7 Å². The molecule has 0 bridgehead atoms. The van der Waals surface area contributed by atoms with Gasteiger partial charge in [0.05, 0.1) is 18.7 Å². The summed E-state index contributed by atoms with van der Waals surface area (Å²) in [6.45, 7) is 2.73. The van der Waals surface area contributed by atoms with Crippen LogP contribution in [0.2, 0.25) is 0 Å². The number of aromatic nitrogens is 2. The highest BCUT2D eigenvalue weighted by Gasteiger charge is 2.24. The van der Waals surface area contributed by atoms with Crippen LogP contribution in [0.1, 0.15) is 34.0 Å². The van der Waals surface area contributed by atoms with Crippen molar-refractivity contribution < 1.29 is 28.6 Å². The number of hydrogen-bond donors (Lipinski definition) is 2. The van der Waals surface area contributed by atoms with Crippen LogP contribution in [0, 0.1) is 5.82 Å². The molecular formula is C31H33FN4O6. The summed E-state index contributed by atoms with van der Waals surface area (Å²) >= 11 is 0. The molecule has 4 aromatic rings. The smallest absolute Gasteiger partial charge is 0.409 e. The van der Waals surface area contributed by atoms with Crippen molar-refractivity contribution in [2.24, 2.45) is 0 Å². The Bertz CT molecular complexity index is 1590. The zero-order chi connectivity index (χ0) is 30.1. The summed E-state index contributed by atoms with van der Waals surface area (Å²) in [4.78, 5) is 44.9. The Hall–Kier alpha value is -4.77. The van der Waals surface area contributed by atoms with Crippen molar-refractivity contribution in [3.05, 3.63) is 105 Å². The van der Waals surface area contributed by atoms with Crippen molar-refractivity contribution in [1.82, 2.24) is 19.8 Å². The molecule has 4 rings (SSSR count). The summed E-state index contributed by atoms with van der Waals surface area (Å²) in [5, 5.41) is 13.5. The van der Waals surface area contributed by atoms with Gasteiger partial charge in [-0.05, 0) is 48.2 Å². The summed E-state index contributed by atoms with van der Waals surface area (Å²) in [7, 11) is 1.60. The van der Waals surface area contributed by atoms with Gasteiger partial charge in [-0.1, -0.05) is 42.5 Å². The average molecular weight is 577 g/mol. The molecule has 2 heterocycles. The van der Waals surface area contributed by atoms with E-state index in [4.69, 9.17) is 9.47 Å². The van der Waals surface area contributed by atoms with E-state index in [0.29, 0.717) is 25.1 Å². The molecule has 220 valence electrons. The Labute approximate surface area is 242 Å². The minimum atomic E-state index is -0.773. The van der Waals surface area contributed by atoms with Crippen molar-refractivity contribution in [2.75, 3.05) is 33.4 Å². The molecule has 0 radical (unpaired) electrons. The lowest BCUT2D eigenvalue weighted by Crippen LogP contribution is -2.36. The maximum absolute atomic E-state index is 13.6. The highest BCUT2D eigenvalue weighted by Crippen LogP contribution is 2.26. The topological polar surface area (TPSA) is 123 Å². The van der Waals surface area contributed by atoms with Crippen molar-refractivity contribution in [3.8, 4) is 5.75 Å². The van der Waals surface area contributed by atoms with Gasteiger partial charge < -0.3 is 29.4 Å². The fourth-order valence-corrected chi connectivity index (χ4v) is 4.43. The van der Waals surface area contributed by atoms with Gasteiger partial charge in [0.15, 0.2) is 5.75 Å². The predicted octanol–water partition coefficient (Wildman–Crippen LogP) is 3.87. The molecule has 0 aliphatic rings. The molecule has 0 atom stereocenters. The number of benzene rings is 2. The number of carbonyl (C=O) groups is 2. The Balaban J connectivity index is 1.61. The molecule has 2 amide bonds. The Morgan fingerprint density at radius 3 is 2.50 bits per heavy atom. The molecule has 10 nitrogen and oxygen atoms in total. The molecule has 0 aliphatic carbocycles. The summed E-state index contributed by atoms with van der Waals surface area (Å²) in [6, 6.07) is 17.1. The summed E-state index contributed by atoms with van der Waals surface area (Å²) in [5.41, 5.74) is 1.51. The monoisotopic (exact) mass is 576 g/mol. The lowest BCUT2D eigenvalue weighted by atomic mass is 10.1. The second-order valence-electron chi connectivity index (χ2n) is 9.60. The number of halogens is 1. The SMILES string of the molecule is CCOCCNC(=O)c1c(O)c2ncc(Cc3ccc(F)cc3)cc2n(CCOC(=O)N(C)Cc2ccccc2)c1=O. The van der Waals surface area contributed by atoms with E-state index in [1.54, 1.807) is 25.2 Å². The van der Waals surface area contributed by atoms with Crippen LogP contribution in [0.25, 0.3) is 11.0 Å². The second-order valence-corrected chi connectivity index (χ2v) is 9.60. The van der Waals surface area contributed by atoms with Crippen molar-refractivity contribution >= 4 is 23.0 Å². The van der Waals surface area contributed by atoms with Crippen LogP contribution in [0.3, 0.4) is 0 Å². The van der Waals surface area contributed by atoms with Crippen LogP contribution >= 0.6 is 0 Å². The maximum atomic E-state index is 13.6. The normalized spacial score (nSPS) is 10.9. The van der Waals surface area contributed by atoms with E-state index in [-0.39, 0.29) is 43.2 Å². The van der Waals surface area contributed by atoms with Gasteiger partial charge in [-0.2, -0.15) is 0 Å². The van der Waals surface area contributed by atoms with E-state index in [1.165, 1.54) is 27.8 Å². The third kappa shape index (κ3) is 7.49. The first-order valence-electron chi connectivity index (χ1n) is 13.5. The Morgan fingerprint density at radius 1 is 1.05 bits per heavy atom. The van der Waals surface area contributed by atoms with Gasteiger partial charge in [0.25, 0.3) is 11.5 Å². The Morgan fingerprint density at radius 2 is 1.79 bits per heavy atom. The standard InChI is InChI=1S/C31H33FN4O6/c1-3-41-15-13-33-29(38)26-28(37)27-25(18-23(19-34-27)17-21-9-11-24(32)12-10-21)36(30(26)39)14-16-42-31(40)35(2)20-22-7-5-4-6-8-22/h4-12,18-19,37H,3,13-17,20H2,1-2H3,(H,33,38). The number of pyridine rings is 2. The predicted molar refractivity (Wildman–Crippen MR) is 155 cm³/mol. The molecule has 0 saturated heterocycles. The van der Waals surface area contributed by atoms with E-state index in [2.05, 4.69) is 10.3 Å². The molecule has 0 aliphatic heterocycles. The number of amides is 2. The molecule has 0 spiro atoms. The number of nitrogens with zero attached hydrogens (tertiary/aromatic N) is 3. The van der Waals surface area contributed by atoms with E-state index in [9.17, 15) is 23.9 Å². The molecule has 42 heavy (non-hydrogen) atoms. The fourth-order valence-electron chi connectivity index (χ4n) is 4.43.